The standard InChI is InChI=1S/C10H15N7O11P3/c11-8-7-9(14-3-13-8)17(4-15-7)10-6(16-12)1-5(26-10)2-25-30(21,22)28-31(23,24)27-29(18,19)20/h3-6,10H,1-2H2,(H,21,22)(H,23,24)(H2,11,13,14)(H2,18,19,20)/q-1. The molecule has 5 atom stereocenters. The van der Waals surface area contributed by atoms with Crippen LogP contribution in [0.25, 0.3) is 16.7 Å². The van der Waals surface area contributed by atoms with Crippen LogP contribution in [0.5, 0.6) is 0 Å². The maximum Gasteiger partial charge on any atom is 0.490 e. The minimum atomic E-state index is -5.64. The van der Waals surface area contributed by atoms with Gasteiger partial charge in [-0.1, -0.05) is 0 Å². The summed E-state index contributed by atoms with van der Waals surface area (Å²) in [5, 5.41) is 3.19. The molecular weight excluding hydrogens is 487 g/mol. The first-order valence-corrected chi connectivity index (χ1v) is 12.5. The van der Waals surface area contributed by atoms with Crippen molar-refractivity contribution in [2.24, 2.45) is 5.11 Å². The first kappa shape index (κ1) is 24.0. The lowest BCUT2D eigenvalue weighted by Crippen LogP contribution is -2.18. The molecule has 1 saturated heterocycles. The highest BCUT2D eigenvalue weighted by molar-refractivity contribution is 7.66. The number of phosphoric ester groups is 1. The van der Waals surface area contributed by atoms with Gasteiger partial charge in [0.05, 0.1) is 25.1 Å². The Bertz CT molecular complexity index is 1120. The fourth-order valence-electron chi connectivity index (χ4n) is 2.73. The number of hydrogen-bond donors (Lipinski definition) is 5. The van der Waals surface area contributed by atoms with Gasteiger partial charge >= 0.3 is 23.5 Å². The van der Waals surface area contributed by atoms with Crippen LogP contribution in [0.1, 0.15) is 12.6 Å². The SMILES string of the molecule is [N-]=NC1CC(COP(=O)(O)OP(=O)(O)OP(=O)(O)O)OC1n1cnc2c(N)ncnc21. The van der Waals surface area contributed by atoms with E-state index in [1.165, 1.54) is 17.2 Å². The third-order valence-corrected chi connectivity index (χ3v) is 7.62. The first-order valence-electron chi connectivity index (χ1n) is 8.01. The highest BCUT2D eigenvalue weighted by atomic mass is 31.3. The summed E-state index contributed by atoms with van der Waals surface area (Å²) < 4.78 is 52.6. The third-order valence-electron chi connectivity index (χ3n) is 3.81. The molecule has 3 heterocycles. The number of nitrogens with zero attached hydrogens (tertiary/aromatic N) is 6. The van der Waals surface area contributed by atoms with Gasteiger partial charge in [0.15, 0.2) is 17.7 Å². The van der Waals surface area contributed by atoms with Crippen molar-refractivity contribution in [1.29, 1.82) is 0 Å². The first-order chi connectivity index (χ1) is 14.3. The molecule has 0 amide bonds. The number of nitrogens with two attached hydrogens (primary N) is 1. The highest BCUT2D eigenvalue weighted by Gasteiger charge is 2.42. The number of rotatable bonds is 9. The summed E-state index contributed by atoms with van der Waals surface area (Å²) in [4.78, 5) is 47.5. The molecule has 1 aliphatic heterocycles. The number of hydrogen-bond acceptors (Lipinski definition) is 12. The van der Waals surface area contributed by atoms with Gasteiger partial charge in [0.2, 0.25) is 0 Å². The molecule has 31 heavy (non-hydrogen) atoms. The van der Waals surface area contributed by atoms with Crippen molar-refractivity contribution >= 4 is 40.4 Å². The van der Waals surface area contributed by atoms with Crippen molar-refractivity contribution in [2.45, 2.75) is 24.8 Å². The third kappa shape index (κ3) is 5.97. The number of fused-ring (bicyclic) bond motifs is 1. The molecule has 0 aliphatic carbocycles. The fraction of sp³-hybridized carbons (Fsp3) is 0.500. The van der Waals surface area contributed by atoms with Crippen LogP contribution in [-0.2, 0) is 31.6 Å². The molecule has 2 aromatic rings. The van der Waals surface area contributed by atoms with Gasteiger partial charge in [-0.3, -0.25) is 9.09 Å². The Labute approximate surface area is 172 Å². The van der Waals surface area contributed by atoms with Crippen molar-refractivity contribution in [1.82, 2.24) is 19.5 Å². The monoisotopic (exact) mass is 502 g/mol. The van der Waals surface area contributed by atoms with E-state index in [2.05, 4.69) is 33.2 Å². The van der Waals surface area contributed by atoms with Gasteiger partial charge < -0.3 is 40.7 Å². The molecule has 0 spiro atoms. The van der Waals surface area contributed by atoms with Crippen LogP contribution in [0.4, 0.5) is 5.82 Å². The number of imidazole rings is 1. The van der Waals surface area contributed by atoms with Gasteiger partial charge in [0.25, 0.3) is 0 Å². The van der Waals surface area contributed by atoms with E-state index in [4.69, 9.17) is 25.2 Å². The van der Waals surface area contributed by atoms with Crippen LogP contribution < -0.4 is 5.73 Å². The Balaban J connectivity index is 1.68. The number of aromatic nitrogens is 4. The molecule has 21 heteroatoms. The van der Waals surface area contributed by atoms with E-state index >= 15 is 0 Å². The van der Waals surface area contributed by atoms with E-state index in [1.807, 2.05) is 0 Å². The largest absolute Gasteiger partial charge is 0.712 e. The minimum Gasteiger partial charge on any atom is -0.712 e. The molecule has 5 unspecified atom stereocenters. The average molecular weight is 502 g/mol. The van der Waals surface area contributed by atoms with Crippen LogP contribution in [0.2, 0.25) is 0 Å². The van der Waals surface area contributed by atoms with Crippen LogP contribution in [0.15, 0.2) is 17.8 Å². The number of phosphoric acid groups is 3. The molecule has 0 saturated carbocycles. The predicted molar refractivity (Wildman–Crippen MR) is 97.7 cm³/mol. The average Bonchev–Trinajstić information content (AvgIpc) is 3.21. The Morgan fingerprint density at radius 3 is 2.55 bits per heavy atom. The Morgan fingerprint density at radius 2 is 1.90 bits per heavy atom. The summed E-state index contributed by atoms with van der Waals surface area (Å²) in [6, 6.07) is -0.886. The lowest BCUT2D eigenvalue weighted by atomic mass is 10.2. The Kier molecular flexibility index (Phi) is 6.72. The van der Waals surface area contributed by atoms with Crippen molar-refractivity contribution in [3.8, 4) is 0 Å². The highest BCUT2D eigenvalue weighted by Crippen LogP contribution is 2.66. The Morgan fingerprint density at radius 1 is 1.19 bits per heavy atom. The van der Waals surface area contributed by atoms with E-state index in [0.29, 0.717) is 0 Å². The predicted octanol–water partition coefficient (Wildman–Crippen LogP) is 0.429. The second kappa shape index (κ2) is 8.69. The van der Waals surface area contributed by atoms with E-state index in [1.54, 1.807) is 0 Å². The van der Waals surface area contributed by atoms with E-state index < -0.39 is 48.4 Å². The van der Waals surface area contributed by atoms with Crippen molar-refractivity contribution in [3.63, 3.8) is 0 Å². The summed E-state index contributed by atoms with van der Waals surface area (Å²) in [5.41, 5.74) is 15.5. The number of anilines is 1. The van der Waals surface area contributed by atoms with Gasteiger partial charge in [0, 0.05) is 6.42 Å². The van der Waals surface area contributed by atoms with E-state index in [9.17, 15) is 24.1 Å². The van der Waals surface area contributed by atoms with Gasteiger partial charge in [-0.25, -0.2) is 28.6 Å². The molecule has 1 fully saturated rings. The molecule has 2 aromatic heterocycles. The second-order valence-corrected chi connectivity index (χ2v) is 10.5. The van der Waals surface area contributed by atoms with Gasteiger partial charge in [0.1, 0.15) is 11.8 Å². The van der Waals surface area contributed by atoms with Crippen molar-refractivity contribution < 1.29 is 51.2 Å². The minimum absolute atomic E-state index is 0.0306. The fourth-order valence-corrected chi connectivity index (χ4v) is 5.78. The Hall–Kier alpha value is -1.68. The van der Waals surface area contributed by atoms with Crippen LogP contribution in [-0.4, -0.2) is 57.8 Å². The summed E-state index contributed by atoms with van der Waals surface area (Å²) in [5.74, 6) is 0.100. The zero-order valence-electron chi connectivity index (χ0n) is 15.0. The molecule has 0 bridgehead atoms. The van der Waals surface area contributed by atoms with Crippen molar-refractivity contribution in [2.75, 3.05) is 12.3 Å². The van der Waals surface area contributed by atoms with E-state index in [-0.39, 0.29) is 23.4 Å². The van der Waals surface area contributed by atoms with E-state index in [0.717, 1.165) is 0 Å². The summed E-state index contributed by atoms with van der Waals surface area (Å²) in [7, 11) is -16.5. The van der Waals surface area contributed by atoms with Gasteiger partial charge in [-0.15, -0.1) is 0 Å². The van der Waals surface area contributed by atoms with Crippen molar-refractivity contribution in [3.05, 3.63) is 18.2 Å². The molecule has 172 valence electrons. The number of nitrogen functional groups attached to an aromatic ring is 1. The van der Waals surface area contributed by atoms with Crippen LogP contribution >= 0.6 is 23.5 Å². The van der Waals surface area contributed by atoms with Gasteiger partial charge in [-0.2, -0.15) is 8.62 Å². The second-order valence-electron chi connectivity index (χ2n) is 6.04. The normalized spacial score (nSPS) is 25.9. The molecule has 0 aromatic carbocycles. The molecular formula is C10H15N7O11P3-. The zero-order valence-corrected chi connectivity index (χ0v) is 17.7. The molecule has 3 rings (SSSR count). The van der Waals surface area contributed by atoms with Gasteiger partial charge in [-0.05, 0) is 0 Å². The van der Waals surface area contributed by atoms with Crippen LogP contribution in [0, 0.1) is 0 Å². The lowest BCUT2D eigenvalue weighted by Gasteiger charge is -2.19. The van der Waals surface area contributed by atoms with Crippen LogP contribution in [0.3, 0.4) is 0 Å². The summed E-state index contributed by atoms with van der Waals surface area (Å²) >= 11 is 0. The maximum absolute atomic E-state index is 11.8. The molecule has 1 aliphatic rings. The topological polar surface area (TPSA) is 273 Å². The summed E-state index contributed by atoms with van der Waals surface area (Å²) in [6.45, 7) is -0.698. The molecule has 0 radical (unpaired) electrons. The molecule has 18 nitrogen and oxygen atoms in total. The zero-order chi connectivity index (χ0) is 23.0. The maximum atomic E-state index is 11.8. The quantitative estimate of drug-likeness (QED) is 0.230. The number of ether oxygens (including phenoxy) is 1. The molecule has 6 N–H and O–H groups in total. The lowest BCUT2D eigenvalue weighted by molar-refractivity contribution is -0.0235. The smallest absolute Gasteiger partial charge is 0.490 e. The summed E-state index contributed by atoms with van der Waals surface area (Å²) in [6.07, 6.45) is 0.509.